The van der Waals surface area contributed by atoms with Gasteiger partial charge in [0.05, 0.1) is 11.5 Å². The number of esters is 1. The molecule has 0 fully saturated rings. The van der Waals surface area contributed by atoms with E-state index >= 15 is 0 Å². The molecule has 1 atom stereocenters. The third-order valence-corrected chi connectivity index (χ3v) is 2.62. The van der Waals surface area contributed by atoms with E-state index in [4.69, 9.17) is 14.6 Å². The fourth-order valence-electron chi connectivity index (χ4n) is 1.47. The topological polar surface area (TPSA) is 128 Å². The lowest BCUT2D eigenvalue weighted by Gasteiger charge is -2.14. The van der Waals surface area contributed by atoms with Gasteiger partial charge in [0, 0.05) is 12.1 Å². The normalized spacial score (nSPS) is 11.2. The molecule has 1 aromatic carbocycles. The van der Waals surface area contributed by atoms with E-state index in [9.17, 15) is 19.7 Å². The van der Waals surface area contributed by atoms with Crippen LogP contribution < -0.4 is 5.32 Å². The van der Waals surface area contributed by atoms with Crippen LogP contribution in [0.2, 0.25) is 0 Å². The van der Waals surface area contributed by atoms with E-state index in [2.05, 4.69) is 11.9 Å². The third-order valence-electron chi connectivity index (χ3n) is 2.62. The number of aliphatic hydroxyl groups excluding tert-OH is 1. The summed E-state index contributed by atoms with van der Waals surface area (Å²) in [5.74, 6) is -0.820. The molecule has 0 bridgehead atoms. The van der Waals surface area contributed by atoms with Gasteiger partial charge in [-0.15, -0.1) is 0 Å². The zero-order chi connectivity index (χ0) is 17.2. The average Bonchev–Trinajstić information content (AvgIpc) is 2.55. The summed E-state index contributed by atoms with van der Waals surface area (Å²) in [6, 6.07) is 4.18. The summed E-state index contributed by atoms with van der Waals surface area (Å²) in [5.41, 5.74) is 0.448. The van der Waals surface area contributed by atoms with Crippen LogP contribution >= 0.6 is 0 Å². The molecule has 23 heavy (non-hydrogen) atoms. The van der Waals surface area contributed by atoms with Crippen LogP contribution in [0, 0.1) is 10.1 Å². The van der Waals surface area contributed by atoms with Crippen LogP contribution in [0.5, 0.6) is 0 Å². The van der Waals surface area contributed by atoms with Crippen molar-refractivity contribution in [2.24, 2.45) is 0 Å². The second-order valence-electron chi connectivity index (χ2n) is 4.30. The van der Waals surface area contributed by atoms with E-state index in [0.29, 0.717) is 5.56 Å². The molecular formula is C14H16N2O7. The van der Waals surface area contributed by atoms with Gasteiger partial charge < -0.3 is 19.9 Å². The molecule has 0 radical (unpaired) electrons. The number of nitrogens with one attached hydrogen (secondary N) is 1. The van der Waals surface area contributed by atoms with E-state index < -0.39 is 29.6 Å². The molecule has 0 saturated carbocycles. The molecule has 0 aliphatic heterocycles. The van der Waals surface area contributed by atoms with Crippen LogP contribution in [0.25, 0.3) is 0 Å². The van der Waals surface area contributed by atoms with Crippen LogP contribution in [-0.4, -0.2) is 41.3 Å². The van der Waals surface area contributed by atoms with Gasteiger partial charge in [-0.3, -0.25) is 10.1 Å². The maximum Gasteiger partial charge on any atom is 0.408 e. The molecule has 0 saturated heterocycles. The Bertz CT molecular complexity index is 571. The zero-order valence-corrected chi connectivity index (χ0v) is 12.1. The maximum atomic E-state index is 11.6. The van der Waals surface area contributed by atoms with E-state index in [1.54, 1.807) is 0 Å². The number of non-ortho nitro benzene ring substituents is 1. The predicted octanol–water partition coefficient (Wildman–Crippen LogP) is 0.911. The zero-order valence-electron chi connectivity index (χ0n) is 12.1. The molecule has 0 spiro atoms. The number of nitro benzene ring substituents is 1. The number of hydrogen-bond acceptors (Lipinski definition) is 7. The minimum Gasteiger partial charge on any atom is -0.460 e. The molecule has 9 heteroatoms. The molecule has 1 amide bonds. The molecule has 0 aliphatic rings. The first-order valence-corrected chi connectivity index (χ1v) is 6.53. The van der Waals surface area contributed by atoms with Crippen molar-refractivity contribution in [2.45, 2.75) is 12.6 Å². The number of alkyl carbamates (subject to hydrolysis) is 1. The third kappa shape index (κ3) is 6.14. The number of carbonyl (C=O) groups is 2. The highest BCUT2D eigenvalue weighted by Crippen LogP contribution is 2.12. The average molecular weight is 324 g/mol. The first kappa shape index (κ1) is 18.1. The summed E-state index contributed by atoms with van der Waals surface area (Å²) in [6.45, 7) is 2.52. The Morgan fingerprint density at radius 1 is 1.35 bits per heavy atom. The van der Waals surface area contributed by atoms with E-state index in [1.165, 1.54) is 30.3 Å². The van der Waals surface area contributed by atoms with Gasteiger partial charge in [0.15, 0.2) is 6.04 Å². The number of benzene rings is 1. The van der Waals surface area contributed by atoms with Gasteiger partial charge in [0.2, 0.25) is 0 Å². The maximum absolute atomic E-state index is 11.6. The Morgan fingerprint density at radius 3 is 2.52 bits per heavy atom. The fourth-order valence-corrected chi connectivity index (χ4v) is 1.47. The van der Waals surface area contributed by atoms with Crippen molar-refractivity contribution in [2.75, 3.05) is 13.2 Å². The number of nitrogens with zero attached hydrogens (tertiary/aromatic N) is 1. The van der Waals surface area contributed by atoms with Gasteiger partial charge in [0.1, 0.15) is 13.2 Å². The van der Waals surface area contributed by atoms with Crippen molar-refractivity contribution >= 4 is 17.7 Å². The number of nitro groups is 1. The van der Waals surface area contributed by atoms with E-state index in [0.717, 1.165) is 0 Å². The smallest absolute Gasteiger partial charge is 0.408 e. The molecule has 9 nitrogen and oxygen atoms in total. The molecule has 0 unspecified atom stereocenters. The summed E-state index contributed by atoms with van der Waals surface area (Å²) in [5, 5.41) is 21.7. The summed E-state index contributed by atoms with van der Waals surface area (Å²) in [7, 11) is 0. The lowest BCUT2D eigenvalue weighted by atomic mass is 10.2. The second kappa shape index (κ2) is 9.15. The molecule has 1 rings (SSSR count). The van der Waals surface area contributed by atoms with Crippen LogP contribution in [-0.2, 0) is 20.9 Å². The van der Waals surface area contributed by atoms with Gasteiger partial charge in [0.25, 0.3) is 5.69 Å². The summed E-state index contributed by atoms with van der Waals surface area (Å²) < 4.78 is 9.55. The first-order chi connectivity index (χ1) is 11.0. The molecule has 0 aromatic heterocycles. The SMILES string of the molecule is C=CCOC(=O)[C@H](CO)NC(=O)OCc1ccc([N+](=O)[O-])cc1. The number of ether oxygens (including phenoxy) is 2. The lowest BCUT2D eigenvalue weighted by molar-refractivity contribution is -0.384. The van der Waals surface area contributed by atoms with Crippen molar-refractivity contribution in [1.29, 1.82) is 0 Å². The van der Waals surface area contributed by atoms with Crippen molar-refractivity contribution in [1.82, 2.24) is 5.32 Å². The Kier molecular flexibility index (Phi) is 7.21. The van der Waals surface area contributed by atoms with Crippen LogP contribution in [0.1, 0.15) is 5.56 Å². The van der Waals surface area contributed by atoms with E-state index in [-0.39, 0.29) is 18.9 Å². The Hall–Kier alpha value is -2.94. The Morgan fingerprint density at radius 2 is 2.00 bits per heavy atom. The lowest BCUT2D eigenvalue weighted by Crippen LogP contribution is -2.44. The number of carbonyl (C=O) groups excluding carboxylic acids is 2. The molecule has 124 valence electrons. The quantitative estimate of drug-likeness (QED) is 0.315. The molecule has 0 heterocycles. The number of rotatable bonds is 8. The van der Waals surface area contributed by atoms with Crippen molar-refractivity contribution in [3.8, 4) is 0 Å². The van der Waals surface area contributed by atoms with Gasteiger partial charge in [-0.1, -0.05) is 12.7 Å². The molecule has 2 N–H and O–H groups in total. The molecular weight excluding hydrogens is 308 g/mol. The summed E-state index contributed by atoms with van der Waals surface area (Å²) in [6.07, 6.45) is 0.414. The van der Waals surface area contributed by atoms with Gasteiger partial charge in [-0.2, -0.15) is 0 Å². The molecule has 0 aliphatic carbocycles. The van der Waals surface area contributed by atoms with E-state index in [1.807, 2.05) is 0 Å². The predicted molar refractivity (Wildman–Crippen MR) is 78.4 cm³/mol. The molecule has 1 aromatic rings. The number of hydrogen-bond donors (Lipinski definition) is 2. The van der Waals surface area contributed by atoms with Crippen molar-refractivity contribution < 1.29 is 29.1 Å². The number of aliphatic hydroxyl groups is 1. The minimum absolute atomic E-state index is 0.0468. The monoisotopic (exact) mass is 324 g/mol. The van der Waals surface area contributed by atoms with Crippen molar-refractivity contribution in [3.63, 3.8) is 0 Å². The van der Waals surface area contributed by atoms with Crippen LogP contribution in [0.3, 0.4) is 0 Å². The van der Waals surface area contributed by atoms with Gasteiger partial charge in [-0.25, -0.2) is 9.59 Å². The summed E-state index contributed by atoms with van der Waals surface area (Å²) >= 11 is 0. The fraction of sp³-hybridized carbons (Fsp3) is 0.286. The highest BCUT2D eigenvalue weighted by Gasteiger charge is 2.21. The van der Waals surface area contributed by atoms with Gasteiger partial charge in [-0.05, 0) is 17.7 Å². The van der Waals surface area contributed by atoms with Gasteiger partial charge >= 0.3 is 12.1 Å². The highest BCUT2D eigenvalue weighted by atomic mass is 16.6. The minimum atomic E-state index is -1.25. The van der Waals surface area contributed by atoms with Crippen molar-refractivity contribution in [3.05, 3.63) is 52.6 Å². The number of amides is 1. The second-order valence-corrected chi connectivity index (χ2v) is 4.30. The van der Waals surface area contributed by atoms with Crippen LogP contribution in [0.4, 0.5) is 10.5 Å². The Balaban J connectivity index is 2.47. The van der Waals surface area contributed by atoms with Crippen LogP contribution in [0.15, 0.2) is 36.9 Å². The Labute approximate surface area is 131 Å². The highest BCUT2D eigenvalue weighted by molar-refractivity contribution is 5.81. The summed E-state index contributed by atoms with van der Waals surface area (Å²) in [4.78, 5) is 33.0. The largest absolute Gasteiger partial charge is 0.460 e. The standard InChI is InChI=1S/C14H16N2O7/c1-2-7-22-13(18)12(8-17)15-14(19)23-9-10-3-5-11(6-4-10)16(20)21/h2-6,12,17H,1,7-9H2,(H,15,19)/t12-/m0/s1. The first-order valence-electron chi connectivity index (χ1n) is 6.53.